The third-order valence-electron chi connectivity index (χ3n) is 7.78. The smallest absolute Gasteiger partial charge is 0.155 e. The lowest BCUT2D eigenvalue weighted by molar-refractivity contribution is -0.115. The van der Waals surface area contributed by atoms with Gasteiger partial charge < -0.3 is 0 Å². The van der Waals surface area contributed by atoms with Gasteiger partial charge in [-0.05, 0) is 78.8 Å². The third-order valence-corrected chi connectivity index (χ3v) is 7.78. The zero-order chi connectivity index (χ0) is 16.2. The molecule has 0 bridgehead atoms. The summed E-state index contributed by atoms with van der Waals surface area (Å²) in [4.78, 5) is 11.8. The molecule has 122 valence electrons. The quantitative estimate of drug-likeness (QED) is 0.637. The van der Waals surface area contributed by atoms with Gasteiger partial charge in [0.25, 0.3) is 0 Å². The SMILES string of the molecule is C#CC1C(C)CC2C3C=CC4=CC(=O)CCC4C3CCC12CC. The van der Waals surface area contributed by atoms with Gasteiger partial charge in [-0.15, -0.1) is 12.3 Å². The van der Waals surface area contributed by atoms with E-state index in [1.54, 1.807) is 0 Å². The summed E-state index contributed by atoms with van der Waals surface area (Å²) >= 11 is 0. The molecule has 0 aliphatic heterocycles. The van der Waals surface area contributed by atoms with Crippen molar-refractivity contribution in [2.75, 3.05) is 0 Å². The maximum absolute atomic E-state index is 11.8. The van der Waals surface area contributed by atoms with E-state index >= 15 is 0 Å². The number of carbonyl (C=O) groups is 1. The lowest BCUT2D eigenvalue weighted by Crippen LogP contribution is -2.46. The molecule has 0 aromatic rings. The predicted octanol–water partition coefficient (Wildman–Crippen LogP) is 4.79. The van der Waals surface area contributed by atoms with Gasteiger partial charge in [0.1, 0.15) is 0 Å². The Balaban J connectivity index is 1.72. The average molecular weight is 308 g/mol. The Morgan fingerprint density at radius 1 is 1.39 bits per heavy atom. The minimum Gasteiger partial charge on any atom is -0.295 e. The van der Waals surface area contributed by atoms with Crippen molar-refractivity contribution in [1.82, 2.24) is 0 Å². The van der Waals surface area contributed by atoms with Crippen LogP contribution in [0.2, 0.25) is 0 Å². The molecule has 0 saturated heterocycles. The zero-order valence-electron chi connectivity index (χ0n) is 14.4. The molecule has 0 spiro atoms. The first-order valence-corrected chi connectivity index (χ1v) is 9.49. The van der Waals surface area contributed by atoms with Crippen LogP contribution in [0.25, 0.3) is 0 Å². The summed E-state index contributed by atoms with van der Waals surface area (Å²) in [5, 5.41) is 0. The van der Waals surface area contributed by atoms with Crippen LogP contribution in [-0.4, -0.2) is 5.78 Å². The van der Waals surface area contributed by atoms with Crippen molar-refractivity contribution in [3.05, 3.63) is 23.8 Å². The lowest BCUT2D eigenvalue weighted by atomic mass is 9.51. The van der Waals surface area contributed by atoms with E-state index in [2.05, 4.69) is 31.9 Å². The fourth-order valence-corrected chi connectivity index (χ4v) is 6.80. The molecule has 7 atom stereocenters. The Morgan fingerprint density at radius 2 is 2.22 bits per heavy atom. The summed E-state index contributed by atoms with van der Waals surface area (Å²) in [5.74, 6) is 7.41. The lowest BCUT2D eigenvalue weighted by Gasteiger charge is -2.52. The Hall–Kier alpha value is -1.29. The molecule has 2 saturated carbocycles. The van der Waals surface area contributed by atoms with E-state index in [-0.39, 0.29) is 0 Å². The van der Waals surface area contributed by atoms with Crippen molar-refractivity contribution in [2.24, 2.45) is 40.9 Å². The predicted molar refractivity (Wildman–Crippen MR) is 93.5 cm³/mol. The van der Waals surface area contributed by atoms with Crippen LogP contribution in [-0.2, 0) is 4.79 Å². The van der Waals surface area contributed by atoms with Crippen molar-refractivity contribution in [3.8, 4) is 12.3 Å². The molecule has 7 unspecified atom stereocenters. The number of terminal acetylenes is 1. The average Bonchev–Trinajstić information content (AvgIpc) is 2.85. The Bertz CT molecular complexity index is 618. The number of hydrogen-bond acceptors (Lipinski definition) is 1. The van der Waals surface area contributed by atoms with Gasteiger partial charge in [0.15, 0.2) is 5.78 Å². The molecule has 0 aromatic heterocycles. The molecule has 2 fully saturated rings. The van der Waals surface area contributed by atoms with E-state index < -0.39 is 0 Å². The second-order valence-corrected chi connectivity index (χ2v) is 8.45. The molecule has 4 aliphatic rings. The maximum Gasteiger partial charge on any atom is 0.155 e. The van der Waals surface area contributed by atoms with Crippen LogP contribution in [0.4, 0.5) is 0 Å². The van der Waals surface area contributed by atoms with Crippen molar-refractivity contribution < 1.29 is 4.79 Å². The van der Waals surface area contributed by atoms with E-state index in [0.29, 0.717) is 34.9 Å². The number of rotatable bonds is 1. The summed E-state index contributed by atoms with van der Waals surface area (Å²) in [6, 6.07) is 0. The summed E-state index contributed by atoms with van der Waals surface area (Å²) in [7, 11) is 0. The van der Waals surface area contributed by atoms with Crippen LogP contribution in [0.3, 0.4) is 0 Å². The van der Waals surface area contributed by atoms with Crippen molar-refractivity contribution >= 4 is 5.78 Å². The second kappa shape index (κ2) is 5.37. The fourth-order valence-electron chi connectivity index (χ4n) is 6.80. The van der Waals surface area contributed by atoms with Crippen LogP contribution in [0, 0.1) is 53.3 Å². The first kappa shape index (κ1) is 15.3. The topological polar surface area (TPSA) is 17.1 Å². The first-order chi connectivity index (χ1) is 11.1. The van der Waals surface area contributed by atoms with E-state index in [9.17, 15) is 4.79 Å². The van der Waals surface area contributed by atoms with Crippen molar-refractivity contribution in [2.45, 2.75) is 52.4 Å². The highest BCUT2D eigenvalue weighted by atomic mass is 16.1. The molecule has 4 aliphatic carbocycles. The molecule has 0 amide bonds. The Morgan fingerprint density at radius 3 is 2.96 bits per heavy atom. The molecule has 0 aromatic carbocycles. The van der Waals surface area contributed by atoms with Gasteiger partial charge in [0.05, 0.1) is 0 Å². The number of ketones is 1. The minimum atomic E-state index is 0.319. The summed E-state index contributed by atoms with van der Waals surface area (Å²) in [5.41, 5.74) is 1.68. The first-order valence-electron chi connectivity index (χ1n) is 9.49. The highest BCUT2D eigenvalue weighted by Gasteiger charge is 2.58. The summed E-state index contributed by atoms with van der Waals surface area (Å²) in [6.45, 7) is 4.72. The molecular formula is C22H28O. The van der Waals surface area contributed by atoms with E-state index in [1.165, 1.54) is 31.3 Å². The molecule has 0 N–H and O–H groups in total. The van der Waals surface area contributed by atoms with Gasteiger partial charge in [0, 0.05) is 12.3 Å². The van der Waals surface area contributed by atoms with E-state index in [1.807, 2.05) is 6.08 Å². The van der Waals surface area contributed by atoms with E-state index in [4.69, 9.17) is 6.42 Å². The van der Waals surface area contributed by atoms with Crippen LogP contribution >= 0.6 is 0 Å². The second-order valence-electron chi connectivity index (χ2n) is 8.45. The largest absolute Gasteiger partial charge is 0.295 e. The molecule has 0 heterocycles. The number of fused-ring (bicyclic) bond motifs is 5. The molecule has 4 rings (SSSR count). The number of hydrogen-bond donors (Lipinski definition) is 0. The standard InChI is InChI=1S/C22H28O/c1-4-20-14(3)12-21-19-8-6-15-13-16(23)7-9-17(15)18(19)10-11-22(20,21)5-2/h1,6,8,13-14,17-21H,5,7,9-12H2,2-3H3. The summed E-state index contributed by atoms with van der Waals surface area (Å²) in [6.07, 6.45) is 19.5. The monoisotopic (exact) mass is 308 g/mol. The molecule has 23 heavy (non-hydrogen) atoms. The Kier molecular flexibility index (Phi) is 3.56. The van der Waals surface area contributed by atoms with Crippen molar-refractivity contribution in [3.63, 3.8) is 0 Å². The third kappa shape index (κ3) is 2.03. The highest BCUT2D eigenvalue weighted by Crippen LogP contribution is 2.65. The minimum absolute atomic E-state index is 0.319. The van der Waals surface area contributed by atoms with Crippen LogP contribution in [0.15, 0.2) is 23.8 Å². The van der Waals surface area contributed by atoms with E-state index in [0.717, 1.165) is 24.7 Å². The number of carbonyl (C=O) groups excluding carboxylic acids is 1. The van der Waals surface area contributed by atoms with Crippen LogP contribution < -0.4 is 0 Å². The normalized spacial score (nSPS) is 48.0. The van der Waals surface area contributed by atoms with Gasteiger partial charge >= 0.3 is 0 Å². The van der Waals surface area contributed by atoms with Crippen LogP contribution in [0.1, 0.15) is 52.4 Å². The maximum atomic E-state index is 11.8. The van der Waals surface area contributed by atoms with Gasteiger partial charge in [-0.25, -0.2) is 0 Å². The number of allylic oxidation sites excluding steroid dienone is 4. The van der Waals surface area contributed by atoms with Crippen LogP contribution in [0.5, 0.6) is 0 Å². The summed E-state index contributed by atoms with van der Waals surface area (Å²) < 4.78 is 0. The molecule has 0 radical (unpaired) electrons. The zero-order valence-corrected chi connectivity index (χ0v) is 14.4. The fraction of sp³-hybridized carbons (Fsp3) is 0.682. The van der Waals surface area contributed by atoms with Gasteiger partial charge in [-0.3, -0.25) is 4.79 Å². The Labute approximate surface area is 140 Å². The van der Waals surface area contributed by atoms with Gasteiger partial charge in [-0.1, -0.05) is 26.0 Å². The van der Waals surface area contributed by atoms with Crippen molar-refractivity contribution in [1.29, 1.82) is 0 Å². The molecule has 1 nitrogen and oxygen atoms in total. The molecular weight excluding hydrogens is 280 g/mol. The molecule has 1 heteroatoms. The van der Waals surface area contributed by atoms with Gasteiger partial charge in [0.2, 0.25) is 0 Å². The van der Waals surface area contributed by atoms with Gasteiger partial charge in [-0.2, -0.15) is 0 Å². The highest BCUT2D eigenvalue weighted by molar-refractivity contribution is 5.91.